The lowest BCUT2D eigenvalue weighted by molar-refractivity contribution is 0.0728. The van der Waals surface area contributed by atoms with Crippen molar-refractivity contribution in [2.24, 2.45) is 0 Å². The molecule has 0 aromatic heterocycles. The summed E-state index contributed by atoms with van der Waals surface area (Å²) in [5.74, 6) is -3.48. The lowest BCUT2D eigenvalue weighted by Crippen LogP contribution is -2.12. The summed E-state index contributed by atoms with van der Waals surface area (Å²) in [7, 11) is 0. The molecule has 0 bridgehead atoms. The average Bonchev–Trinajstić information content (AvgIpc) is 2.64. The monoisotopic (exact) mass is 360 g/mol. The van der Waals surface area contributed by atoms with Gasteiger partial charge in [0, 0.05) is 0 Å². The number of rotatable bonds is 8. The Balaban J connectivity index is 2.10. The highest BCUT2D eigenvalue weighted by molar-refractivity contribution is 5.91. The van der Waals surface area contributed by atoms with E-state index in [-0.39, 0.29) is 11.5 Å². The van der Waals surface area contributed by atoms with Crippen molar-refractivity contribution in [2.45, 2.75) is 39.5 Å². The highest BCUT2D eigenvalue weighted by atomic mass is 19.2. The number of ether oxygens (including phenoxy) is 2. The van der Waals surface area contributed by atoms with Crippen molar-refractivity contribution >= 4 is 5.97 Å². The Bertz CT molecular complexity index is 768. The van der Waals surface area contributed by atoms with Gasteiger partial charge in [0.05, 0.1) is 11.8 Å². The SMILES string of the molecule is CCCC=COc1ccc(C(=O)Oc2ccc(CCC)cc2)c(F)c1F. The van der Waals surface area contributed by atoms with Gasteiger partial charge in [-0.05, 0) is 48.7 Å². The third-order valence-corrected chi connectivity index (χ3v) is 3.69. The summed E-state index contributed by atoms with van der Waals surface area (Å²) >= 11 is 0. The zero-order chi connectivity index (χ0) is 18.9. The van der Waals surface area contributed by atoms with Crippen LogP contribution in [0.4, 0.5) is 8.78 Å². The van der Waals surface area contributed by atoms with Crippen molar-refractivity contribution in [1.29, 1.82) is 0 Å². The van der Waals surface area contributed by atoms with E-state index in [0.29, 0.717) is 0 Å². The molecule has 5 heteroatoms. The Morgan fingerprint density at radius 1 is 1.00 bits per heavy atom. The molecular weight excluding hydrogens is 338 g/mol. The quantitative estimate of drug-likeness (QED) is 0.338. The summed E-state index contributed by atoms with van der Waals surface area (Å²) in [5, 5.41) is 0. The van der Waals surface area contributed by atoms with Gasteiger partial charge in [-0.25, -0.2) is 9.18 Å². The molecule has 0 atom stereocenters. The van der Waals surface area contributed by atoms with Crippen molar-refractivity contribution < 1.29 is 23.0 Å². The van der Waals surface area contributed by atoms with Crippen LogP contribution in [-0.4, -0.2) is 5.97 Å². The van der Waals surface area contributed by atoms with Crippen LogP contribution in [0.25, 0.3) is 0 Å². The predicted molar refractivity (Wildman–Crippen MR) is 96.4 cm³/mol. The number of halogens is 2. The van der Waals surface area contributed by atoms with Crippen LogP contribution in [0.2, 0.25) is 0 Å². The molecule has 0 unspecified atom stereocenters. The van der Waals surface area contributed by atoms with Crippen LogP contribution >= 0.6 is 0 Å². The molecule has 2 rings (SSSR count). The lowest BCUT2D eigenvalue weighted by Gasteiger charge is -2.08. The fourth-order valence-corrected chi connectivity index (χ4v) is 2.31. The number of esters is 1. The molecule has 0 N–H and O–H groups in total. The highest BCUT2D eigenvalue weighted by Crippen LogP contribution is 2.24. The van der Waals surface area contributed by atoms with Gasteiger partial charge in [-0.1, -0.05) is 38.8 Å². The van der Waals surface area contributed by atoms with Gasteiger partial charge in [-0.15, -0.1) is 0 Å². The Morgan fingerprint density at radius 2 is 1.73 bits per heavy atom. The molecule has 0 spiro atoms. The first-order valence-corrected chi connectivity index (χ1v) is 8.67. The molecule has 138 valence electrons. The Kier molecular flexibility index (Phi) is 7.33. The number of carbonyl (C=O) groups excluding carboxylic acids is 1. The first kappa shape index (κ1) is 19.6. The van der Waals surface area contributed by atoms with Crippen LogP contribution in [0.15, 0.2) is 48.7 Å². The van der Waals surface area contributed by atoms with Gasteiger partial charge < -0.3 is 9.47 Å². The third-order valence-electron chi connectivity index (χ3n) is 3.69. The zero-order valence-corrected chi connectivity index (χ0v) is 14.9. The van der Waals surface area contributed by atoms with Crippen LogP contribution in [0.3, 0.4) is 0 Å². The number of hydrogen-bond donors (Lipinski definition) is 0. The highest BCUT2D eigenvalue weighted by Gasteiger charge is 2.21. The summed E-state index contributed by atoms with van der Waals surface area (Å²) < 4.78 is 38.4. The number of unbranched alkanes of at least 4 members (excludes halogenated alkanes) is 1. The minimum absolute atomic E-state index is 0.275. The topological polar surface area (TPSA) is 35.5 Å². The molecule has 0 radical (unpaired) electrons. The van der Waals surface area contributed by atoms with Crippen molar-refractivity contribution in [3.05, 3.63) is 71.5 Å². The van der Waals surface area contributed by atoms with Crippen LogP contribution in [0, 0.1) is 11.6 Å². The zero-order valence-electron chi connectivity index (χ0n) is 14.9. The van der Waals surface area contributed by atoms with Gasteiger partial charge in [0.1, 0.15) is 5.75 Å². The van der Waals surface area contributed by atoms with E-state index in [9.17, 15) is 13.6 Å². The van der Waals surface area contributed by atoms with Gasteiger partial charge >= 0.3 is 5.97 Å². The Morgan fingerprint density at radius 3 is 2.38 bits per heavy atom. The van der Waals surface area contributed by atoms with E-state index in [1.807, 2.05) is 19.1 Å². The molecule has 0 amide bonds. The second-order valence-electron chi connectivity index (χ2n) is 5.80. The molecule has 0 saturated carbocycles. The van der Waals surface area contributed by atoms with Crippen LogP contribution in [0.1, 0.15) is 49.0 Å². The maximum atomic E-state index is 14.2. The van der Waals surface area contributed by atoms with Crippen molar-refractivity contribution in [1.82, 2.24) is 0 Å². The summed E-state index contributed by atoms with van der Waals surface area (Å²) in [6, 6.07) is 9.29. The van der Waals surface area contributed by atoms with Crippen LogP contribution in [-0.2, 0) is 6.42 Å². The van der Waals surface area contributed by atoms with E-state index in [2.05, 4.69) is 6.92 Å². The number of hydrogen-bond acceptors (Lipinski definition) is 3. The van der Waals surface area contributed by atoms with Gasteiger partial charge in [-0.2, -0.15) is 4.39 Å². The fourth-order valence-electron chi connectivity index (χ4n) is 2.31. The smallest absolute Gasteiger partial charge is 0.346 e. The van der Waals surface area contributed by atoms with Crippen LogP contribution < -0.4 is 9.47 Å². The molecule has 26 heavy (non-hydrogen) atoms. The predicted octanol–water partition coefficient (Wildman–Crippen LogP) is 5.83. The maximum absolute atomic E-state index is 14.2. The van der Waals surface area contributed by atoms with E-state index >= 15 is 0 Å². The number of carbonyl (C=O) groups is 1. The molecule has 0 aliphatic rings. The van der Waals surface area contributed by atoms with Gasteiger partial charge in [0.25, 0.3) is 0 Å². The van der Waals surface area contributed by atoms with Crippen LogP contribution in [0.5, 0.6) is 11.5 Å². The number of allylic oxidation sites excluding steroid dienone is 1. The molecule has 2 aromatic rings. The van der Waals surface area contributed by atoms with E-state index in [1.54, 1.807) is 18.2 Å². The van der Waals surface area contributed by atoms with Gasteiger partial charge in [0.2, 0.25) is 5.82 Å². The molecule has 0 aliphatic heterocycles. The van der Waals surface area contributed by atoms with E-state index in [0.717, 1.165) is 37.3 Å². The summed E-state index contributed by atoms with van der Waals surface area (Å²) in [6.07, 6.45) is 6.62. The van der Waals surface area contributed by atoms with Crippen molar-refractivity contribution in [3.8, 4) is 11.5 Å². The second kappa shape index (κ2) is 9.70. The normalized spacial score (nSPS) is 10.9. The number of aryl methyl sites for hydroxylation is 1. The second-order valence-corrected chi connectivity index (χ2v) is 5.80. The van der Waals surface area contributed by atoms with Crippen molar-refractivity contribution in [2.75, 3.05) is 0 Å². The van der Waals surface area contributed by atoms with Crippen molar-refractivity contribution in [3.63, 3.8) is 0 Å². The van der Waals surface area contributed by atoms with Gasteiger partial charge in [0.15, 0.2) is 11.6 Å². The van der Waals surface area contributed by atoms with E-state index in [4.69, 9.17) is 9.47 Å². The minimum Gasteiger partial charge on any atom is -0.462 e. The summed E-state index contributed by atoms with van der Waals surface area (Å²) in [5.41, 5.74) is 0.632. The minimum atomic E-state index is -1.29. The first-order valence-electron chi connectivity index (χ1n) is 8.67. The molecule has 2 aromatic carbocycles. The fraction of sp³-hybridized carbons (Fsp3) is 0.286. The molecule has 0 aliphatic carbocycles. The number of benzene rings is 2. The first-order chi connectivity index (χ1) is 12.6. The third kappa shape index (κ3) is 5.15. The van der Waals surface area contributed by atoms with E-state index in [1.165, 1.54) is 12.3 Å². The van der Waals surface area contributed by atoms with Gasteiger partial charge in [-0.3, -0.25) is 0 Å². The lowest BCUT2D eigenvalue weighted by atomic mass is 10.1. The summed E-state index contributed by atoms with van der Waals surface area (Å²) in [6.45, 7) is 4.06. The molecule has 0 heterocycles. The summed E-state index contributed by atoms with van der Waals surface area (Å²) in [4.78, 5) is 12.1. The Labute approximate surface area is 152 Å². The molecular formula is C21H22F2O3. The molecule has 0 saturated heterocycles. The maximum Gasteiger partial charge on any atom is 0.346 e. The molecule has 3 nitrogen and oxygen atoms in total. The van der Waals surface area contributed by atoms with E-state index < -0.39 is 23.2 Å². The Hall–Kier alpha value is -2.69. The largest absolute Gasteiger partial charge is 0.462 e. The molecule has 0 fully saturated rings. The average molecular weight is 360 g/mol. The standard InChI is InChI=1S/C21H22F2O3/c1-3-5-6-14-25-18-13-12-17(19(22)20(18)23)21(24)26-16-10-8-15(7-4-2)9-11-16/h6,8-14H,3-5,7H2,1-2H3.